The van der Waals surface area contributed by atoms with Gasteiger partial charge in [-0.1, -0.05) is 40.5 Å². The number of aromatic nitrogens is 1. The molecule has 2 aromatic rings. The Morgan fingerprint density at radius 1 is 1.47 bits per heavy atom. The van der Waals surface area contributed by atoms with Gasteiger partial charge in [-0.3, -0.25) is 4.79 Å². The molecular formula is C12H9Cl2N3O2. The molecule has 0 spiro atoms. The number of nitrogens with zero attached hydrogens (tertiary/aromatic N) is 2. The fourth-order valence-electron chi connectivity index (χ4n) is 1.31. The maximum atomic E-state index is 11.6. The summed E-state index contributed by atoms with van der Waals surface area (Å²) in [5.74, 6) is 0.0817. The second kappa shape index (κ2) is 5.86. The van der Waals surface area contributed by atoms with E-state index in [1.165, 1.54) is 12.3 Å². The fraction of sp³-hybridized carbons (Fsp3) is 0.0833. The standard InChI is InChI=1S/C12H9Cl2N3O2/c1-7-5-10(17-19-7)12(18)16-15-6-8-3-2-4-9(13)11(8)14/h2-6H,1H3,(H,16,18)/b15-6+. The van der Waals surface area contributed by atoms with Crippen LogP contribution in [0, 0.1) is 6.92 Å². The molecule has 0 saturated heterocycles. The van der Waals surface area contributed by atoms with Crippen LogP contribution < -0.4 is 5.43 Å². The maximum absolute atomic E-state index is 11.6. The summed E-state index contributed by atoms with van der Waals surface area (Å²) in [4.78, 5) is 11.6. The van der Waals surface area contributed by atoms with Gasteiger partial charge < -0.3 is 4.52 Å². The van der Waals surface area contributed by atoms with Crippen LogP contribution >= 0.6 is 23.2 Å². The van der Waals surface area contributed by atoms with E-state index in [-0.39, 0.29) is 5.69 Å². The van der Waals surface area contributed by atoms with Gasteiger partial charge in [-0.05, 0) is 13.0 Å². The van der Waals surface area contributed by atoms with Crippen molar-refractivity contribution in [3.63, 3.8) is 0 Å². The summed E-state index contributed by atoms with van der Waals surface area (Å²) in [6, 6.07) is 6.64. The monoisotopic (exact) mass is 297 g/mol. The molecule has 1 amide bonds. The van der Waals surface area contributed by atoms with E-state index in [0.29, 0.717) is 21.4 Å². The summed E-state index contributed by atoms with van der Waals surface area (Å²) < 4.78 is 4.78. The maximum Gasteiger partial charge on any atom is 0.293 e. The first-order chi connectivity index (χ1) is 9.08. The van der Waals surface area contributed by atoms with Gasteiger partial charge in [-0.15, -0.1) is 0 Å². The van der Waals surface area contributed by atoms with Crippen molar-refractivity contribution in [1.29, 1.82) is 0 Å². The molecule has 0 aliphatic carbocycles. The molecule has 0 radical (unpaired) electrons. The number of nitrogens with one attached hydrogen (secondary N) is 1. The van der Waals surface area contributed by atoms with E-state index in [1.54, 1.807) is 25.1 Å². The molecule has 1 aromatic carbocycles. The van der Waals surface area contributed by atoms with Crippen LogP contribution in [0.2, 0.25) is 10.0 Å². The third kappa shape index (κ3) is 3.33. The average Bonchev–Trinajstić information content (AvgIpc) is 2.81. The van der Waals surface area contributed by atoms with Crippen molar-refractivity contribution in [3.05, 3.63) is 51.3 Å². The van der Waals surface area contributed by atoms with Gasteiger partial charge in [0.25, 0.3) is 5.91 Å². The van der Waals surface area contributed by atoms with Crippen molar-refractivity contribution in [2.45, 2.75) is 6.92 Å². The van der Waals surface area contributed by atoms with E-state index < -0.39 is 5.91 Å². The molecule has 0 atom stereocenters. The molecule has 0 saturated carbocycles. The quantitative estimate of drug-likeness (QED) is 0.699. The Labute approximate surface area is 119 Å². The number of hydrogen-bond acceptors (Lipinski definition) is 4. The van der Waals surface area contributed by atoms with Gasteiger partial charge in [-0.2, -0.15) is 5.10 Å². The Morgan fingerprint density at radius 3 is 2.95 bits per heavy atom. The zero-order chi connectivity index (χ0) is 13.8. The zero-order valence-corrected chi connectivity index (χ0v) is 11.4. The summed E-state index contributed by atoms with van der Waals surface area (Å²) in [7, 11) is 0. The van der Waals surface area contributed by atoms with Gasteiger partial charge in [0.2, 0.25) is 0 Å². The van der Waals surface area contributed by atoms with Crippen molar-refractivity contribution >= 4 is 35.3 Å². The SMILES string of the molecule is Cc1cc(C(=O)N/N=C/c2cccc(Cl)c2Cl)no1. The van der Waals surface area contributed by atoms with Crippen molar-refractivity contribution < 1.29 is 9.32 Å². The summed E-state index contributed by atoms with van der Waals surface area (Å²) >= 11 is 11.8. The number of aryl methyl sites for hydroxylation is 1. The number of halogens is 2. The molecule has 0 unspecified atom stereocenters. The van der Waals surface area contributed by atoms with Gasteiger partial charge in [-0.25, -0.2) is 5.43 Å². The molecule has 0 aliphatic heterocycles. The second-order valence-corrected chi connectivity index (χ2v) is 4.45. The molecule has 0 aliphatic rings. The van der Waals surface area contributed by atoms with Crippen LogP contribution in [0.25, 0.3) is 0 Å². The van der Waals surface area contributed by atoms with E-state index in [4.69, 9.17) is 27.7 Å². The Bertz CT molecular complexity index is 638. The number of hydrazone groups is 1. The molecule has 19 heavy (non-hydrogen) atoms. The van der Waals surface area contributed by atoms with Crippen molar-refractivity contribution in [1.82, 2.24) is 10.6 Å². The molecule has 98 valence electrons. The molecule has 1 aromatic heterocycles. The zero-order valence-electron chi connectivity index (χ0n) is 9.85. The van der Waals surface area contributed by atoms with Crippen molar-refractivity contribution in [2.75, 3.05) is 0 Å². The highest BCUT2D eigenvalue weighted by molar-refractivity contribution is 6.43. The predicted molar refractivity (Wildman–Crippen MR) is 72.8 cm³/mol. The lowest BCUT2D eigenvalue weighted by atomic mass is 10.2. The number of benzene rings is 1. The number of hydrogen-bond donors (Lipinski definition) is 1. The Morgan fingerprint density at radius 2 is 2.26 bits per heavy atom. The Kier molecular flexibility index (Phi) is 4.19. The van der Waals surface area contributed by atoms with E-state index >= 15 is 0 Å². The smallest absolute Gasteiger partial charge is 0.293 e. The highest BCUT2D eigenvalue weighted by atomic mass is 35.5. The number of carbonyl (C=O) groups is 1. The molecule has 7 heteroatoms. The van der Waals surface area contributed by atoms with Crippen molar-refractivity contribution in [3.8, 4) is 0 Å². The van der Waals surface area contributed by atoms with Crippen LogP contribution in [-0.4, -0.2) is 17.3 Å². The molecule has 1 heterocycles. The van der Waals surface area contributed by atoms with Crippen LogP contribution in [0.4, 0.5) is 0 Å². The largest absolute Gasteiger partial charge is 0.361 e. The number of rotatable bonds is 3. The van der Waals surface area contributed by atoms with Gasteiger partial charge >= 0.3 is 0 Å². The molecule has 5 nitrogen and oxygen atoms in total. The van der Waals surface area contributed by atoms with Crippen LogP contribution in [0.5, 0.6) is 0 Å². The summed E-state index contributed by atoms with van der Waals surface area (Å²) in [5.41, 5.74) is 3.08. The van der Waals surface area contributed by atoms with Crippen LogP contribution in [0.1, 0.15) is 21.8 Å². The van der Waals surface area contributed by atoms with Crippen LogP contribution in [0.3, 0.4) is 0 Å². The van der Waals surface area contributed by atoms with Gasteiger partial charge in [0.15, 0.2) is 5.69 Å². The van der Waals surface area contributed by atoms with E-state index in [0.717, 1.165) is 0 Å². The minimum Gasteiger partial charge on any atom is -0.361 e. The van der Waals surface area contributed by atoms with Gasteiger partial charge in [0.1, 0.15) is 5.76 Å². The predicted octanol–water partition coefficient (Wildman–Crippen LogP) is 3.05. The highest BCUT2D eigenvalue weighted by Gasteiger charge is 2.09. The molecule has 0 bridgehead atoms. The van der Waals surface area contributed by atoms with Crippen LogP contribution in [-0.2, 0) is 0 Å². The Hall–Kier alpha value is -1.85. The van der Waals surface area contributed by atoms with Gasteiger partial charge in [0, 0.05) is 11.6 Å². The summed E-state index contributed by atoms with van der Waals surface area (Å²) in [6.45, 7) is 1.69. The minimum absolute atomic E-state index is 0.159. The highest BCUT2D eigenvalue weighted by Crippen LogP contribution is 2.24. The minimum atomic E-state index is -0.466. The second-order valence-electron chi connectivity index (χ2n) is 3.66. The first-order valence-corrected chi connectivity index (χ1v) is 6.04. The first kappa shape index (κ1) is 13.6. The molecule has 0 fully saturated rings. The van der Waals surface area contributed by atoms with Crippen molar-refractivity contribution in [2.24, 2.45) is 5.10 Å². The van der Waals surface area contributed by atoms with E-state index in [9.17, 15) is 4.79 Å². The molecule has 1 N–H and O–H groups in total. The lowest BCUT2D eigenvalue weighted by Crippen LogP contribution is -2.17. The third-order valence-corrected chi connectivity index (χ3v) is 3.05. The molecule has 2 rings (SSSR count). The lowest BCUT2D eigenvalue weighted by molar-refractivity contribution is 0.0946. The topological polar surface area (TPSA) is 67.5 Å². The van der Waals surface area contributed by atoms with Gasteiger partial charge in [0.05, 0.1) is 16.3 Å². The fourth-order valence-corrected chi connectivity index (χ4v) is 1.67. The van der Waals surface area contributed by atoms with Crippen LogP contribution in [0.15, 0.2) is 33.9 Å². The Balaban J connectivity index is 2.04. The first-order valence-electron chi connectivity index (χ1n) is 5.28. The van der Waals surface area contributed by atoms with E-state index in [1.807, 2.05) is 0 Å². The lowest BCUT2D eigenvalue weighted by Gasteiger charge is -1.99. The normalized spacial score (nSPS) is 10.9. The summed E-state index contributed by atoms with van der Waals surface area (Å²) in [5, 5.41) is 8.14. The number of carbonyl (C=O) groups excluding carboxylic acids is 1. The average molecular weight is 298 g/mol. The van der Waals surface area contributed by atoms with E-state index in [2.05, 4.69) is 15.7 Å². The third-order valence-electron chi connectivity index (χ3n) is 2.21. The number of amides is 1. The summed E-state index contributed by atoms with van der Waals surface area (Å²) in [6.07, 6.45) is 1.40. The molecular weight excluding hydrogens is 289 g/mol.